The van der Waals surface area contributed by atoms with Crippen molar-refractivity contribution in [3.8, 4) is 17.2 Å². The minimum atomic E-state index is -1.23. The van der Waals surface area contributed by atoms with Gasteiger partial charge in [0.25, 0.3) is 0 Å². The standard InChI is InChI=1S/C24H24N4O9/c1-36-13-5-8(29)6-14(37-2)18(13)16-9-3-4-10-15(21(32)27(19(10)30)23(25)34)11(9)7-12-17(16)22(33)28(20(12)31)24(26)35/h3,5-6,10-12,15-17,29H,4,7H2,1-2H3,(H2,25,34)(H2,26,35). The summed E-state index contributed by atoms with van der Waals surface area (Å²) in [6, 6.07) is 0.212. The monoisotopic (exact) mass is 512 g/mol. The number of hydrogen-bond acceptors (Lipinski definition) is 9. The van der Waals surface area contributed by atoms with Crippen molar-refractivity contribution in [2.75, 3.05) is 14.2 Å². The molecule has 8 amide bonds. The molecule has 37 heavy (non-hydrogen) atoms. The fourth-order valence-electron chi connectivity index (χ4n) is 6.58. The highest BCUT2D eigenvalue weighted by Crippen LogP contribution is 2.60. The number of nitrogens with zero attached hydrogens (tertiary/aromatic N) is 2. The van der Waals surface area contributed by atoms with Crippen LogP contribution in [0.3, 0.4) is 0 Å². The van der Waals surface area contributed by atoms with E-state index in [2.05, 4.69) is 0 Å². The Morgan fingerprint density at radius 3 is 1.86 bits per heavy atom. The first-order chi connectivity index (χ1) is 17.5. The number of phenolic OH excluding ortho intramolecular Hbond substituents is 1. The van der Waals surface area contributed by atoms with Crippen molar-refractivity contribution >= 4 is 35.7 Å². The molecule has 4 aliphatic rings. The van der Waals surface area contributed by atoms with Crippen LogP contribution in [0, 0.1) is 29.6 Å². The maximum Gasteiger partial charge on any atom is 0.328 e. The lowest BCUT2D eigenvalue weighted by molar-refractivity contribution is -0.138. The summed E-state index contributed by atoms with van der Waals surface area (Å²) < 4.78 is 11.0. The Morgan fingerprint density at radius 2 is 1.35 bits per heavy atom. The average Bonchev–Trinajstić information content (AvgIpc) is 3.26. The number of amides is 8. The highest BCUT2D eigenvalue weighted by atomic mass is 16.5. The molecule has 5 N–H and O–H groups in total. The number of phenols is 1. The zero-order valence-corrected chi connectivity index (χ0v) is 19.9. The molecule has 2 saturated heterocycles. The number of aromatic hydroxyl groups is 1. The van der Waals surface area contributed by atoms with Crippen LogP contribution in [0.1, 0.15) is 24.3 Å². The van der Waals surface area contributed by atoms with E-state index in [1.54, 1.807) is 6.08 Å². The van der Waals surface area contributed by atoms with Gasteiger partial charge in [-0.3, -0.25) is 19.2 Å². The summed E-state index contributed by atoms with van der Waals surface area (Å²) in [5.41, 5.74) is 11.5. The van der Waals surface area contributed by atoms with Crippen LogP contribution in [0.2, 0.25) is 0 Å². The first-order valence-corrected chi connectivity index (χ1v) is 11.5. The summed E-state index contributed by atoms with van der Waals surface area (Å²) in [4.78, 5) is 77.6. The predicted octanol–water partition coefficient (Wildman–Crippen LogP) is 0.203. The third kappa shape index (κ3) is 3.22. The lowest BCUT2D eigenvalue weighted by Crippen LogP contribution is -2.44. The van der Waals surface area contributed by atoms with Gasteiger partial charge in [0, 0.05) is 23.6 Å². The molecule has 2 aliphatic heterocycles. The van der Waals surface area contributed by atoms with Gasteiger partial charge in [-0.05, 0) is 18.8 Å². The second-order valence-electron chi connectivity index (χ2n) is 9.49. The normalized spacial score (nSPS) is 30.5. The topological polar surface area (TPSA) is 200 Å². The average molecular weight is 512 g/mol. The summed E-state index contributed by atoms with van der Waals surface area (Å²) in [6.45, 7) is 0. The molecule has 6 unspecified atom stereocenters. The van der Waals surface area contributed by atoms with E-state index in [0.717, 1.165) is 0 Å². The van der Waals surface area contributed by atoms with Gasteiger partial charge in [0.05, 0.1) is 37.9 Å². The van der Waals surface area contributed by atoms with Crippen molar-refractivity contribution in [2.24, 2.45) is 41.1 Å². The van der Waals surface area contributed by atoms with Gasteiger partial charge in [-0.25, -0.2) is 9.59 Å². The van der Waals surface area contributed by atoms with Crippen LogP contribution in [0.25, 0.3) is 0 Å². The van der Waals surface area contributed by atoms with Gasteiger partial charge in [-0.1, -0.05) is 11.6 Å². The lowest BCUT2D eigenvalue weighted by atomic mass is 9.57. The Hall–Kier alpha value is -4.42. The number of likely N-dealkylation sites (tertiary alicyclic amines) is 2. The number of carbonyl (C=O) groups excluding carboxylic acids is 6. The number of urea groups is 2. The summed E-state index contributed by atoms with van der Waals surface area (Å²) in [6.07, 6.45) is 1.78. The van der Waals surface area contributed by atoms with Gasteiger partial charge in [-0.15, -0.1) is 0 Å². The molecule has 0 aromatic heterocycles. The van der Waals surface area contributed by atoms with E-state index in [1.807, 2.05) is 0 Å². The molecule has 1 aromatic rings. The van der Waals surface area contributed by atoms with Crippen LogP contribution in [-0.2, 0) is 19.2 Å². The molecule has 13 nitrogen and oxygen atoms in total. The second-order valence-corrected chi connectivity index (χ2v) is 9.49. The zero-order valence-electron chi connectivity index (χ0n) is 19.9. The molecule has 3 fully saturated rings. The van der Waals surface area contributed by atoms with Gasteiger partial charge in [0.1, 0.15) is 17.2 Å². The second kappa shape index (κ2) is 8.32. The van der Waals surface area contributed by atoms with E-state index in [4.69, 9.17) is 20.9 Å². The third-order valence-corrected chi connectivity index (χ3v) is 7.93. The molecular weight excluding hydrogens is 488 g/mol. The highest BCUT2D eigenvalue weighted by Gasteiger charge is 2.63. The molecule has 1 aromatic carbocycles. The smallest absolute Gasteiger partial charge is 0.328 e. The molecule has 5 rings (SSSR count). The van der Waals surface area contributed by atoms with Crippen molar-refractivity contribution in [3.05, 3.63) is 29.3 Å². The number of ether oxygens (including phenoxy) is 2. The first-order valence-electron chi connectivity index (χ1n) is 11.5. The van der Waals surface area contributed by atoms with Crippen LogP contribution >= 0.6 is 0 Å². The first kappa shape index (κ1) is 24.3. The summed E-state index contributed by atoms with van der Waals surface area (Å²) in [5.74, 6) is -8.67. The van der Waals surface area contributed by atoms with Crippen molar-refractivity contribution in [1.82, 2.24) is 9.80 Å². The number of nitrogens with two attached hydrogens (primary N) is 2. The van der Waals surface area contributed by atoms with Crippen molar-refractivity contribution in [2.45, 2.75) is 18.8 Å². The fourth-order valence-corrected chi connectivity index (χ4v) is 6.58. The van der Waals surface area contributed by atoms with E-state index in [0.29, 0.717) is 20.9 Å². The number of allylic oxidation sites excluding steroid dienone is 2. The summed E-state index contributed by atoms with van der Waals surface area (Å²) in [5, 5.41) is 10.2. The van der Waals surface area contributed by atoms with E-state index < -0.39 is 71.2 Å². The van der Waals surface area contributed by atoms with Crippen molar-refractivity contribution < 1.29 is 43.3 Å². The molecule has 6 atom stereocenters. The third-order valence-electron chi connectivity index (χ3n) is 7.93. The van der Waals surface area contributed by atoms with Crippen LogP contribution in [-0.4, -0.2) is 64.8 Å². The number of fused-ring (bicyclic) bond motifs is 4. The number of benzene rings is 1. The van der Waals surface area contributed by atoms with Gasteiger partial charge < -0.3 is 26.0 Å². The minimum Gasteiger partial charge on any atom is -0.508 e. The van der Waals surface area contributed by atoms with Gasteiger partial charge in [-0.2, -0.15) is 9.80 Å². The molecular formula is C24H24N4O9. The Labute approximate surface area is 209 Å². The fraction of sp³-hybridized carbons (Fsp3) is 0.417. The van der Waals surface area contributed by atoms with Crippen molar-refractivity contribution in [1.29, 1.82) is 0 Å². The van der Waals surface area contributed by atoms with Crippen LogP contribution in [0.4, 0.5) is 9.59 Å². The Balaban J connectivity index is 1.73. The molecule has 0 bridgehead atoms. The van der Waals surface area contributed by atoms with E-state index >= 15 is 0 Å². The quantitative estimate of drug-likeness (QED) is 0.374. The van der Waals surface area contributed by atoms with Crippen LogP contribution in [0.15, 0.2) is 23.8 Å². The molecule has 194 valence electrons. The Kier molecular flexibility index (Phi) is 5.46. The van der Waals surface area contributed by atoms with Crippen LogP contribution in [0.5, 0.6) is 17.2 Å². The molecule has 2 aliphatic carbocycles. The molecule has 2 heterocycles. The molecule has 0 spiro atoms. The molecule has 1 saturated carbocycles. The number of carbonyl (C=O) groups is 6. The highest BCUT2D eigenvalue weighted by molar-refractivity contribution is 6.18. The number of imide groups is 6. The van der Waals surface area contributed by atoms with Gasteiger partial charge in [0.2, 0.25) is 23.6 Å². The Bertz CT molecular complexity index is 1300. The van der Waals surface area contributed by atoms with E-state index in [1.165, 1.54) is 26.4 Å². The number of rotatable bonds is 3. The van der Waals surface area contributed by atoms with E-state index in [9.17, 15) is 33.9 Å². The maximum absolute atomic E-state index is 13.5. The SMILES string of the molecule is COc1cc(O)cc(OC)c1C1C2=CCC3C(=O)N(C(N)=O)C(=O)C3C2CC2C(=O)N(C(N)=O)C(=O)C21. The number of primary amides is 2. The largest absolute Gasteiger partial charge is 0.508 e. The predicted molar refractivity (Wildman–Crippen MR) is 122 cm³/mol. The van der Waals surface area contributed by atoms with E-state index in [-0.39, 0.29) is 30.1 Å². The summed E-state index contributed by atoms with van der Waals surface area (Å²) in [7, 11) is 2.70. The van der Waals surface area contributed by atoms with Gasteiger partial charge >= 0.3 is 12.1 Å². The molecule has 0 radical (unpaired) electrons. The van der Waals surface area contributed by atoms with Crippen molar-refractivity contribution in [3.63, 3.8) is 0 Å². The number of methoxy groups -OCH3 is 2. The van der Waals surface area contributed by atoms with Gasteiger partial charge in [0.15, 0.2) is 0 Å². The zero-order chi connectivity index (χ0) is 26.9. The Morgan fingerprint density at radius 1 is 0.838 bits per heavy atom. The van der Waals surface area contributed by atoms with Crippen LogP contribution < -0.4 is 20.9 Å². The maximum atomic E-state index is 13.5. The lowest BCUT2D eigenvalue weighted by Gasteiger charge is -2.44. The molecule has 13 heteroatoms. The summed E-state index contributed by atoms with van der Waals surface area (Å²) >= 11 is 0. The number of hydrogen-bond donors (Lipinski definition) is 3. The minimum absolute atomic E-state index is 0.0309.